The molecule has 0 aromatic heterocycles. The van der Waals surface area contributed by atoms with Crippen LogP contribution in [0.2, 0.25) is 0 Å². The second-order valence-corrected chi connectivity index (χ2v) is 5.06. The number of rotatable bonds is 4. The number of nitrogens with one attached hydrogen (secondary N) is 2. The second-order valence-electron chi connectivity index (χ2n) is 5.06. The van der Waals surface area contributed by atoms with Crippen molar-refractivity contribution in [3.8, 4) is 5.75 Å². The highest BCUT2D eigenvalue weighted by Crippen LogP contribution is 2.28. The van der Waals surface area contributed by atoms with Crippen LogP contribution in [0.5, 0.6) is 5.75 Å². The van der Waals surface area contributed by atoms with Gasteiger partial charge in [0.05, 0.1) is 7.11 Å². The highest BCUT2D eigenvalue weighted by atomic mass is 16.5. The fourth-order valence-corrected chi connectivity index (χ4v) is 2.67. The first kappa shape index (κ1) is 12.9. The maximum Gasteiger partial charge on any atom is 0.221 e. The number of benzene rings is 2. The van der Waals surface area contributed by atoms with E-state index in [0.29, 0.717) is 13.0 Å². The summed E-state index contributed by atoms with van der Waals surface area (Å²) in [5.74, 6) is 1.02. The van der Waals surface area contributed by atoms with Gasteiger partial charge >= 0.3 is 0 Å². The molecule has 1 saturated heterocycles. The highest BCUT2D eigenvalue weighted by molar-refractivity contribution is 5.91. The molecule has 0 aliphatic carbocycles. The zero-order valence-corrected chi connectivity index (χ0v) is 11.5. The van der Waals surface area contributed by atoms with Crippen molar-refractivity contribution in [3.63, 3.8) is 0 Å². The van der Waals surface area contributed by atoms with Crippen LogP contribution < -0.4 is 15.4 Å². The third kappa shape index (κ3) is 2.47. The predicted molar refractivity (Wildman–Crippen MR) is 78.8 cm³/mol. The molecular formula is C16H18N2O2. The van der Waals surface area contributed by atoms with Gasteiger partial charge in [-0.05, 0) is 17.0 Å². The van der Waals surface area contributed by atoms with E-state index in [9.17, 15) is 4.79 Å². The first-order valence-electron chi connectivity index (χ1n) is 6.82. The van der Waals surface area contributed by atoms with Gasteiger partial charge in [-0.1, -0.05) is 30.3 Å². The Morgan fingerprint density at radius 2 is 2.05 bits per heavy atom. The molecule has 4 nitrogen and oxygen atoms in total. The number of ether oxygens (including phenoxy) is 1. The maximum atomic E-state index is 11.2. The van der Waals surface area contributed by atoms with Crippen molar-refractivity contribution in [3.05, 3.63) is 42.0 Å². The average Bonchev–Trinajstić information content (AvgIpc) is 2.90. The fraction of sp³-hybridized carbons (Fsp3) is 0.312. The minimum absolute atomic E-state index is 0.127. The molecule has 1 aliphatic heterocycles. The second kappa shape index (κ2) is 5.51. The van der Waals surface area contributed by atoms with Gasteiger partial charge in [-0.3, -0.25) is 4.79 Å². The topological polar surface area (TPSA) is 50.4 Å². The lowest BCUT2D eigenvalue weighted by Crippen LogP contribution is -2.30. The zero-order chi connectivity index (χ0) is 13.9. The van der Waals surface area contributed by atoms with Crippen LogP contribution in [0.1, 0.15) is 12.0 Å². The summed E-state index contributed by atoms with van der Waals surface area (Å²) < 4.78 is 5.40. The molecule has 4 heteroatoms. The Balaban J connectivity index is 1.83. The predicted octanol–water partition coefficient (Wildman–Crippen LogP) is 1.83. The Hall–Kier alpha value is -2.07. The molecule has 1 amide bonds. The quantitative estimate of drug-likeness (QED) is 0.891. The molecule has 0 spiro atoms. The molecule has 0 bridgehead atoms. The number of carbonyl (C=O) groups excluding carboxylic acids is 1. The van der Waals surface area contributed by atoms with Crippen LogP contribution >= 0.6 is 0 Å². The molecule has 2 aromatic rings. The molecule has 0 saturated carbocycles. The van der Waals surface area contributed by atoms with E-state index in [1.54, 1.807) is 7.11 Å². The molecule has 1 unspecified atom stereocenters. The van der Waals surface area contributed by atoms with Gasteiger partial charge in [0.2, 0.25) is 5.91 Å². The molecule has 1 aliphatic rings. The Kier molecular flexibility index (Phi) is 3.56. The van der Waals surface area contributed by atoms with Gasteiger partial charge in [0.25, 0.3) is 0 Å². The van der Waals surface area contributed by atoms with E-state index < -0.39 is 0 Å². The number of hydrogen-bond donors (Lipinski definition) is 2. The molecule has 2 aromatic carbocycles. The number of hydrogen-bond acceptors (Lipinski definition) is 3. The first-order chi connectivity index (χ1) is 9.78. The Morgan fingerprint density at radius 1 is 1.25 bits per heavy atom. The first-order valence-corrected chi connectivity index (χ1v) is 6.82. The standard InChI is InChI=1S/C16H18N2O2/c1-20-15-7-6-11(13-4-2-3-5-14(13)15)9-17-12-8-16(19)18-10-12/h2-7,12,17H,8-10H2,1H3,(H,18,19). The van der Waals surface area contributed by atoms with Crippen LogP contribution in [0.15, 0.2) is 36.4 Å². The Labute approximate surface area is 118 Å². The molecule has 1 fully saturated rings. The summed E-state index contributed by atoms with van der Waals surface area (Å²) >= 11 is 0. The van der Waals surface area contributed by atoms with Crippen LogP contribution in [0, 0.1) is 0 Å². The Bertz CT molecular complexity index is 639. The van der Waals surface area contributed by atoms with Gasteiger partial charge in [0.1, 0.15) is 5.75 Å². The minimum atomic E-state index is 0.127. The van der Waals surface area contributed by atoms with Gasteiger partial charge in [-0.25, -0.2) is 0 Å². The van der Waals surface area contributed by atoms with Crippen LogP contribution in [-0.4, -0.2) is 25.6 Å². The van der Waals surface area contributed by atoms with Gasteiger partial charge in [-0.15, -0.1) is 0 Å². The molecular weight excluding hydrogens is 252 g/mol. The monoisotopic (exact) mass is 270 g/mol. The van der Waals surface area contributed by atoms with E-state index in [1.165, 1.54) is 10.9 Å². The summed E-state index contributed by atoms with van der Waals surface area (Å²) in [6.07, 6.45) is 0.564. The average molecular weight is 270 g/mol. The van der Waals surface area contributed by atoms with Crippen molar-refractivity contribution in [2.75, 3.05) is 13.7 Å². The molecule has 1 heterocycles. The fourth-order valence-electron chi connectivity index (χ4n) is 2.67. The van der Waals surface area contributed by atoms with Crippen molar-refractivity contribution in [2.45, 2.75) is 19.0 Å². The van der Waals surface area contributed by atoms with Crippen LogP contribution in [0.25, 0.3) is 10.8 Å². The van der Waals surface area contributed by atoms with Crippen molar-refractivity contribution >= 4 is 16.7 Å². The van der Waals surface area contributed by atoms with E-state index in [1.807, 2.05) is 18.2 Å². The molecule has 0 radical (unpaired) electrons. The number of fused-ring (bicyclic) bond motifs is 1. The third-order valence-electron chi connectivity index (χ3n) is 3.75. The Morgan fingerprint density at radius 3 is 2.75 bits per heavy atom. The summed E-state index contributed by atoms with van der Waals surface area (Å²) in [4.78, 5) is 11.2. The molecule has 3 rings (SSSR count). The summed E-state index contributed by atoms with van der Waals surface area (Å²) in [5.41, 5.74) is 1.22. The minimum Gasteiger partial charge on any atom is -0.496 e. The summed E-state index contributed by atoms with van der Waals surface area (Å²) in [7, 11) is 1.69. The van der Waals surface area contributed by atoms with Crippen LogP contribution in [0.4, 0.5) is 0 Å². The van der Waals surface area contributed by atoms with Gasteiger partial charge in [0, 0.05) is 30.9 Å². The number of amides is 1. The van der Waals surface area contributed by atoms with E-state index in [-0.39, 0.29) is 11.9 Å². The zero-order valence-electron chi connectivity index (χ0n) is 11.5. The van der Waals surface area contributed by atoms with E-state index in [4.69, 9.17) is 4.74 Å². The lowest BCUT2D eigenvalue weighted by molar-refractivity contribution is -0.119. The van der Waals surface area contributed by atoms with Crippen LogP contribution in [-0.2, 0) is 11.3 Å². The lowest BCUT2D eigenvalue weighted by Gasteiger charge is -2.14. The summed E-state index contributed by atoms with van der Waals surface area (Å²) in [6.45, 7) is 1.47. The van der Waals surface area contributed by atoms with Gasteiger partial charge in [0.15, 0.2) is 0 Å². The third-order valence-corrected chi connectivity index (χ3v) is 3.75. The molecule has 1 atom stereocenters. The van der Waals surface area contributed by atoms with Crippen molar-refractivity contribution < 1.29 is 9.53 Å². The highest BCUT2D eigenvalue weighted by Gasteiger charge is 2.20. The van der Waals surface area contributed by atoms with Gasteiger partial charge < -0.3 is 15.4 Å². The molecule has 20 heavy (non-hydrogen) atoms. The van der Waals surface area contributed by atoms with Crippen molar-refractivity contribution in [2.24, 2.45) is 0 Å². The van der Waals surface area contributed by atoms with Crippen LogP contribution in [0.3, 0.4) is 0 Å². The van der Waals surface area contributed by atoms with E-state index in [0.717, 1.165) is 17.7 Å². The number of carbonyl (C=O) groups is 1. The molecule has 104 valence electrons. The number of methoxy groups -OCH3 is 1. The van der Waals surface area contributed by atoms with Crippen molar-refractivity contribution in [1.82, 2.24) is 10.6 Å². The lowest BCUT2D eigenvalue weighted by atomic mass is 10.0. The largest absolute Gasteiger partial charge is 0.496 e. The SMILES string of the molecule is COc1ccc(CNC2CNC(=O)C2)c2ccccc12. The smallest absolute Gasteiger partial charge is 0.221 e. The maximum absolute atomic E-state index is 11.2. The van der Waals surface area contributed by atoms with Gasteiger partial charge in [-0.2, -0.15) is 0 Å². The molecule has 2 N–H and O–H groups in total. The van der Waals surface area contributed by atoms with E-state index in [2.05, 4.69) is 28.8 Å². The van der Waals surface area contributed by atoms with E-state index >= 15 is 0 Å². The normalized spacial score (nSPS) is 18.2. The summed E-state index contributed by atoms with van der Waals surface area (Å²) in [6, 6.07) is 12.5. The van der Waals surface area contributed by atoms with Crippen molar-refractivity contribution in [1.29, 1.82) is 0 Å². The summed E-state index contributed by atoms with van der Waals surface area (Å²) in [5, 5.41) is 8.59.